The van der Waals surface area contributed by atoms with Gasteiger partial charge < -0.3 is 16.0 Å². The predicted molar refractivity (Wildman–Crippen MR) is 80.7 cm³/mol. The first-order valence-electron chi connectivity index (χ1n) is 6.98. The van der Waals surface area contributed by atoms with Crippen LogP contribution in [0, 0.1) is 6.92 Å². The lowest BCUT2D eigenvalue weighted by molar-refractivity contribution is 0.102. The third-order valence-electron chi connectivity index (χ3n) is 3.86. The SMILES string of the molecule is Cc1cc(N)nc2c1NC(=O)c1cccnc1N2C1CC1. The Morgan fingerprint density at radius 3 is 2.95 bits per heavy atom. The molecule has 0 saturated heterocycles. The highest BCUT2D eigenvalue weighted by Gasteiger charge is 2.38. The molecular formula is C15H15N5O. The number of carbonyl (C=O) groups is 1. The van der Waals surface area contributed by atoms with Gasteiger partial charge in [0.1, 0.15) is 11.6 Å². The van der Waals surface area contributed by atoms with E-state index in [2.05, 4.69) is 15.3 Å². The van der Waals surface area contributed by atoms with Crippen molar-refractivity contribution in [3.05, 3.63) is 35.5 Å². The van der Waals surface area contributed by atoms with Crippen LogP contribution in [0.15, 0.2) is 24.4 Å². The zero-order valence-electron chi connectivity index (χ0n) is 11.6. The first-order valence-corrected chi connectivity index (χ1v) is 6.98. The fourth-order valence-electron chi connectivity index (χ4n) is 2.74. The second-order valence-corrected chi connectivity index (χ2v) is 5.49. The smallest absolute Gasteiger partial charge is 0.259 e. The second kappa shape index (κ2) is 4.18. The fraction of sp³-hybridized carbons (Fsp3) is 0.267. The molecule has 0 atom stereocenters. The van der Waals surface area contributed by atoms with E-state index in [9.17, 15) is 4.79 Å². The fourth-order valence-corrected chi connectivity index (χ4v) is 2.74. The Morgan fingerprint density at radius 2 is 2.19 bits per heavy atom. The lowest BCUT2D eigenvalue weighted by Gasteiger charge is -2.24. The van der Waals surface area contributed by atoms with E-state index in [4.69, 9.17) is 5.73 Å². The highest BCUT2D eigenvalue weighted by Crippen LogP contribution is 2.44. The van der Waals surface area contributed by atoms with Crippen molar-refractivity contribution in [2.75, 3.05) is 16.0 Å². The number of fused-ring (bicyclic) bond motifs is 2. The number of hydrogen-bond acceptors (Lipinski definition) is 5. The van der Waals surface area contributed by atoms with Crippen molar-refractivity contribution in [1.82, 2.24) is 9.97 Å². The minimum absolute atomic E-state index is 0.155. The Kier molecular flexibility index (Phi) is 2.42. The first kappa shape index (κ1) is 12.1. The van der Waals surface area contributed by atoms with Crippen LogP contribution in [0.1, 0.15) is 28.8 Å². The summed E-state index contributed by atoms with van der Waals surface area (Å²) in [7, 11) is 0. The van der Waals surface area contributed by atoms with Gasteiger partial charge in [-0.3, -0.25) is 4.79 Å². The highest BCUT2D eigenvalue weighted by molar-refractivity contribution is 6.12. The van der Waals surface area contributed by atoms with Crippen molar-refractivity contribution < 1.29 is 4.79 Å². The Hall–Kier alpha value is -2.63. The maximum atomic E-state index is 12.5. The Labute approximate surface area is 122 Å². The van der Waals surface area contributed by atoms with Crippen molar-refractivity contribution in [2.24, 2.45) is 0 Å². The third-order valence-corrected chi connectivity index (χ3v) is 3.86. The van der Waals surface area contributed by atoms with E-state index in [-0.39, 0.29) is 5.91 Å². The summed E-state index contributed by atoms with van der Waals surface area (Å²) in [6, 6.07) is 5.66. The molecule has 2 aromatic heterocycles. The molecule has 3 heterocycles. The van der Waals surface area contributed by atoms with E-state index in [1.54, 1.807) is 24.4 Å². The van der Waals surface area contributed by atoms with Gasteiger partial charge in [0.15, 0.2) is 5.82 Å². The number of nitrogens with one attached hydrogen (secondary N) is 1. The molecule has 6 nitrogen and oxygen atoms in total. The van der Waals surface area contributed by atoms with Crippen molar-refractivity contribution in [3.8, 4) is 0 Å². The van der Waals surface area contributed by atoms with Gasteiger partial charge in [-0.1, -0.05) is 0 Å². The van der Waals surface area contributed by atoms with Crippen molar-refractivity contribution in [2.45, 2.75) is 25.8 Å². The van der Waals surface area contributed by atoms with Crippen LogP contribution in [-0.4, -0.2) is 21.9 Å². The molecular weight excluding hydrogens is 266 g/mol. The van der Waals surface area contributed by atoms with Gasteiger partial charge in [-0.15, -0.1) is 0 Å². The lowest BCUT2D eigenvalue weighted by Crippen LogP contribution is -2.23. The van der Waals surface area contributed by atoms with Gasteiger partial charge in [0.25, 0.3) is 5.91 Å². The summed E-state index contributed by atoms with van der Waals surface area (Å²) >= 11 is 0. The van der Waals surface area contributed by atoms with Gasteiger partial charge in [-0.2, -0.15) is 0 Å². The van der Waals surface area contributed by atoms with Crippen LogP contribution in [0.2, 0.25) is 0 Å². The number of amides is 1. The van der Waals surface area contributed by atoms with Crippen LogP contribution >= 0.6 is 0 Å². The van der Waals surface area contributed by atoms with Gasteiger partial charge in [-0.25, -0.2) is 9.97 Å². The van der Waals surface area contributed by atoms with E-state index >= 15 is 0 Å². The van der Waals surface area contributed by atoms with E-state index < -0.39 is 0 Å². The average molecular weight is 281 g/mol. The molecule has 1 aliphatic carbocycles. The summed E-state index contributed by atoms with van der Waals surface area (Å²) in [5.41, 5.74) is 8.10. The molecule has 0 unspecified atom stereocenters. The Balaban J connectivity index is 2.01. The molecule has 1 aliphatic heterocycles. The maximum absolute atomic E-state index is 12.5. The standard InChI is InChI=1S/C15H15N5O/c1-8-7-11(16)18-14-12(8)19-15(21)10-3-2-6-17-13(10)20(14)9-4-5-9/h2-3,6-7,9H,4-5H2,1H3,(H2,16,18)(H,19,21). The summed E-state index contributed by atoms with van der Waals surface area (Å²) in [5, 5.41) is 2.95. The molecule has 2 aromatic rings. The van der Waals surface area contributed by atoms with Crippen LogP contribution < -0.4 is 16.0 Å². The molecule has 2 aliphatic rings. The molecule has 1 saturated carbocycles. The molecule has 106 valence electrons. The molecule has 6 heteroatoms. The summed E-state index contributed by atoms with van der Waals surface area (Å²) < 4.78 is 0. The van der Waals surface area contributed by atoms with Crippen molar-refractivity contribution >= 4 is 29.0 Å². The monoisotopic (exact) mass is 281 g/mol. The Morgan fingerprint density at radius 1 is 1.38 bits per heavy atom. The number of aromatic nitrogens is 2. The van der Waals surface area contributed by atoms with Crippen molar-refractivity contribution in [1.29, 1.82) is 0 Å². The number of rotatable bonds is 1. The summed E-state index contributed by atoms with van der Waals surface area (Å²) in [6.07, 6.45) is 3.84. The minimum atomic E-state index is -0.155. The normalized spacial score (nSPS) is 16.8. The van der Waals surface area contributed by atoms with Gasteiger partial charge in [0.2, 0.25) is 0 Å². The Bertz CT molecular complexity index is 754. The number of aryl methyl sites for hydroxylation is 1. The maximum Gasteiger partial charge on any atom is 0.259 e. The number of hydrogen-bond donors (Lipinski definition) is 2. The van der Waals surface area contributed by atoms with Gasteiger partial charge >= 0.3 is 0 Å². The van der Waals surface area contributed by atoms with E-state index in [1.165, 1.54) is 0 Å². The average Bonchev–Trinajstić information content (AvgIpc) is 3.27. The van der Waals surface area contributed by atoms with E-state index in [0.717, 1.165) is 24.1 Å². The number of pyridine rings is 2. The molecule has 1 fully saturated rings. The highest BCUT2D eigenvalue weighted by atomic mass is 16.1. The van der Waals surface area contributed by atoms with Gasteiger partial charge in [-0.05, 0) is 43.5 Å². The number of nitrogen functional groups attached to an aromatic ring is 1. The molecule has 0 bridgehead atoms. The largest absolute Gasteiger partial charge is 0.384 e. The van der Waals surface area contributed by atoms with E-state index in [1.807, 2.05) is 11.8 Å². The summed E-state index contributed by atoms with van der Waals surface area (Å²) in [6.45, 7) is 1.92. The van der Waals surface area contributed by atoms with Crippen LogP contribution in [0.3, 0.4) is 0 Å². The van der Waals surface area contributed by atoms with Gasteiger partial charge in [0, 0.05) is 12.2 Å². The quantitative estimate of drug-likeness (QED) is 0.837. The van der Waals surface area contributed by atoms with Crippen LogP contribution in [0.5, 0.6) is 0 Å². The van der Waals surface area contributed by atoms with Crippen LogP contribution in [-0.2, 0) is 0 Å². The molecule has 0 aromatic carbocycles. The molecule has 21 heavy (non-hydrogen) atoms. The number of nitrogens with zero attached hydrogens (tertiary/aromatic N) is 3. The zero-order valence-corrected chi connectivity index (χ0v) is 11.6. The molecule has 0 radical (unpaired) electrons. The lowest BCUT2D eigenvalue weighted by atomic mass is 10.2. The number of nitrogens with two attached hydrogens (primary N) is 1. The third kappa shape index (κ3) is 1.83. The van der Waals surface area contributed by atoms with Crippen LogP contribution in [0.25, 0.3) is 0 Å². The molecule has 3 N–H and O–H groups in total. The van der Waals surface area contributed by atoms with Gasteiger partial charge in [0.05, 0.1) is 11.3 Å². The topological polar surface area (TPSA) is 84.1 Å². The zero-order chi connectivity index (χ0) is 14.6. The summed E-state index contributed by atoms with van der Waals surface area (Å²) in [5.74, 6) is 1.65. The number of anilines is 4. The first-order chi connectivity index (χ1) is 10.1. The molecule has 1 amide bonds. The second-order valence-electron chi connectivity index (χ2n) is 5.49. The predicted octanol–water partition coefficient (Wildman–Crippen LogP) is 2.23. The summed E-state index contributed by atoms with van der Waals surface area (Å²) in [4.78, 5) is 23.4. The number of carbonyl (C=O) groups excluding carboxylic acids is 1. The van der Waals surface area contributed by atoms with Crippen LogP contribution in [0.4, 0.5) is 23.1 Å². The molecule has 0 spiro atoms. The minimum Gasteiger partial charge on any atom is -0.384 e. The van der Waals surface area contributed by atoms with Crippen molar-refractivity contribution in [3.63, 3.8) is 0 Å². The van der Waals surface area contributed by atoms with E-state index in [0.29, 0.717) is 29.1 Å². The molecule has 4 rings (SSSR count).